The lowest BCUT2D eigenvalue weighted by molar-refractivity contribution is 0.252. The molecule has 4 heteroatoms. The summed E-state index contributed by atoms with van der Waals surface area (Å²) in [4.78, 5) is 11.8. The van der Waals surface area contributed by atoms with Gasteiger partial charge in [0.25, 0.3) is 0 Å². The fourth-order valence-electron chi connectivity index (χ4n) is 2.29. The van der Waals surface area contributed by atoms with E-state index >= 15 is 0 Å². The predicted molar refractivity (Wildman–Crippen MR) is 94.8 cm³/mol. The first-order valence-electron chi connectivity index (χ1n) is 7.38. The summed E-state index contributed by atoms with van der Waals surface area (Å²) < 4.78 is 0. The molecule has 0 radical (unpaired) electrons. The minimum Gasteiger partial charge on any atom is -0.307 e. The number of carbonyl (C=O) groups is 1. The third-order valence-corrected chi connectivity index (χ3v) is 3.52. The normalized spacial score (nSPS) is 11.3. The second-order valence-electron chi connectivity index (χ2n) is 5.19. The number of hydrogen-bond donors (Lipinski definition) is 2. The molecule has 4 nitrogen and oxygen atoms in total. The van der Waals surface area contributed by atoms with E-state index in [2.05, 4.69) is 34.0 Å². The maximum absolute atomic E-state index is 11.8. The molecular weight excluding hydrogens is 286 g/mol. The van der Waals surface area contributed by atoms with Crippen molar-refractivity contribution in [3.8, 4) is 0 Å². The highest BCUT2D eigenvalue weighted by Crippen LogP contribution is 2.16. The molecule has 0 saturated heterocycles. The number of para-hydroxylation sites is 1. The average Bonchev–Trinajstić information content (AvgIpc) is 2.60. The molecule has 3 aromatic carbocycles. The van der Waals surface area contributed by atoms with Gasteiger partial charge in [-0.25, -0.2) is 10.2 Å². The summed E-state index contributed by atoms with van der Waals surface area (Å²) in [5.74, 6) is 0. The van der Waals surface area contributed by atoms with E-state index in [1.165, 1.54) is 5.39 Å². The molecule has 0 aliphatic carbocycles. The van der Waals surface area contributed by atoms with Gasteiger partial charge < -0.3 is 5.32 Å². The first-order chi connectivity index (χ1) is 11.2. The van der Waals surface area contributed by atoms with Crippen molar-refractivity contribution in [3.63, 3.8) is 0 Å². The van der Waals surface area contributed by atoms with Gasteiger partial charge in [0.05, 0.1) is 5.71 Å². The third-order valence-electron chi connectivity index (χ3n) is 3.52. The average molecular weight is 303 g/mol. The summed E-state index contributed by atoms with van der Waals surface area (Å²) in [6.45, 7) is 1.87. The van der Waals surface area contributed by atoms with E-state index in [0.29, 0.717) is 0 Å². The maximum Gasteiger partial charge on any atom is 0.339 e. The Hall–Kier alpha value is -3.14. The van der Waals surface area contributed by atoms with Crippen LogP contribution in [0, 0.1) is 0 Å². The van der Waals surface area contributed by atoms with Gasteiger partial charge in [-0.05, 0) is 41.5 Å². The standard InChI is InChI=1S/C19H17N3O/c1-14(16-12-11-15-7-5-6-8-17(15)13-16)21-22-19(23)20-18-9-3-2-4-10-18/h2-13H,1H3,(H2,20,22,23). The molecule has 0 spiro atoms. The molecule has 0 heterocycles. The van der Waals surface area contributed by atoms with Gasteiger partial charge in [-0.3, -0.25) is 0 Å². The predicted octanol–water partition coefficient (Wildman–Crippen LogP) is 4.39. The van der Waals surface area contributed by atoms with Gasteiger partial charge in [-0.2, -0.15) is 5.10 Å². The van der Waals surface area contributed by atoms with Crippen LogP contribution in [0.2, 0.25) is 0 Å². The molecular formula is C19H17N3O. The molecule has 114 valence electrons. The van der Waals surface area contributed by atoms with Crippen molar-refractivity contribution < 1.29 is 4.79 Å². The number of nitrogens with one attached hydrogen (secondary N) is 2. The summed E-state index contributed by atoms with van der Waals surface area (Å²) in [6, 6.07) is 23.1. The summed E-state index contributed by atoms with van der Waals surface area (Å²) in [5, 5.41) is 9.20. The van der Waals surface area contributed by atoms with Crippen LogP contribution in [0.4, 0.5) is 10.5 Å². The second-order valence-corrected chi connectivity index (χ2v) is 5.19. The lowest BCUT2D eigenvalue weighted by Gasteiger charge is -2.06. The number of nitrogens with zero attached hydrogens (tertiary/aromatic N) is 1. The van der Waals surface area contributed by atoms with Crippen LogP contribution >= 0.6 is 0 Å². The lowest BCUT2D eigenvalue weighted by Crippen LogP contribution is -2.25. The van der Waals surface area contributed by atoms with Crippen LogP contribution in [0.1, 0.15) is 12.5 Å². The van der Waals surface area contributed by atoms with E-state index in [1.807, 2.05) is 61.5 Å². The summed E-state index contributed by atoms with van der Waals surface area (Å²) >= 11 is 0. The zero-order chi connectivity index (χ0) is 16.1. The van der Waals surface area contributed by atoms with Crippen molar-refractivity contribution in [2.45, 2.75) is 6.92 Å². The van der Waals surface area contributed by atoms with Gasteiger partial charge in [-0.1, -0.05) is 54.6 Å². The molecule has 0 aromatic heterocycles. The van der Waals surface area contributed by atoms with Gasteiger partial charge in [0.15, 0.2) is 0 Å². The molecule has 3 rings (SSSR count). The topological polar surface area (TPSA) is 53.5 Å². The van der Waals surface area contributed by atoms with Gasteiger partial charge in [0, 0.05) is 5.69 Å². The number of anilines is 1. The first kappa shape index (κ1) is 14.8. The molecule has 3 aromatic rings. The van der Waals surface area contributed by atoms with Crippen molar-refractivity contribution in [1.82, 2.24) is 5.43 Å². The van der Waals surface area contributed by atoms with Crippen LogP contribution < -0.4 is 10.7 Å². The van der Waals surface area contributed by atoms with E-state index in [4.69, 9.17) is 0 Å². The van der Waals surface area contributed by atoms with Crippen molar-refractivity contribution in [3.05, 3.63) is 78.4 Å². The summed E-state index contributed by atoms with van der Waals surface area (Å²) in [5.41, 5.74) is 4.97. The zero-order valence-corrected chi connectivity index (χ0v) is 12.8. The van der Waals surface area contributed by atoms with Gasteiger partial charge >= 0.3 is 6.03 Å². The number of amides is 2. The number of fused-ring (bicyclic) bond motifs is 1. The Kier molecular flexibility index (Phi) is 4.34. The minimum absolute atomic E-state index is 0.365. The highest BCUT2D eigenvalue weighted by molar-refractivity contribution is 6.02. The highest BCUT2D eigenvalue weighted by Gasteiger charge is 2.02. The number of benzene rings is 3. The molecule has 0 saturated carbocycles. The van der Waals surface area contributed by atoms with Crippen molar-refractivity contribution >= 4 is 28.2 Å². The molecule has 0 aliphatic rings. The third kappa shape index (κ3) is 3.74. The molecule has 23 heavy (non-hydrogen) atoms. The molecule has 0 bridgehead atoms. The largest absolute Gasteiger partial charge is 0.339 e. The van der Waals surface area contributed by atoms with Gasteiger partial charge in [0.2, 0.25) is 0 Å². The van der Waals surface area contributed by atoms with Crippen molar-refractivity contribution in [1.29, 1.82) is 0 Å². The minimum atomic E-state index is -0.365. The summed E-state index contributed by atoms with van der Waals surface area (Å²) in [7, 11) is 0. The van der Waals surface area contributed by atoms with Crippen molar-refractivity contribution in [2.24, 2.45) is 5.10 Å². The first-order valence-corrected chi connectivity index (χ1v) is 7.38. The molecule has 2 amide bonds. The van der Waals surface area contributed by atoms with E-state index in [1.54, 1.807) is 0 Å². The number of hydrogen-bond acceptors (Lipinski definition) is 2. The van der Waals surface area contributed by atoms with Crippen LogP contribution in [-0.4, -0.2) is 11.7 Å². The molecule has 0 aliphatic heterocycles. The van der Waals surface area contributed by atoms with Crippen molar-refractivity contribution in [2.75, 3.05) is 5.32 Å². The maximum atomic E-state index is 11.8. The van der Waals surface area contributed by atoms with E-state index in [-0.39, 0.29) is 6.03 Å². The van der Waals surface area contributed by atoms with E-state index in [0.717, 1.165) is 22.3 Å². The number of rotatable bonds is 3. The highest BCUT2D eigenvalue weighted by atomic mass is 16.2. The number of hydrazone groups is 1. The van der Waals surface area contributed by atoms with Crippen LogP contribution in [0.15, 0.2) is 77.9 Å². The molecule has 2 N–H and O–H groups in total. The molecule has 0 unspecified atom stereocenters. The zero-order valence-electron chi connectivity index (χ0n) is 12.8. The Balaban J connectivity index is 1.69. The summed E-state index contributed by atoms with van der Waals surface area (Å²) in [6.07, 6.45) is 0. The Morgan fingerprint density at radius 2 is 1.57 bits per heavy atom. The Labute approximate surface area is 134 Å². The fourth-order valence-corrected chi connectivity index (χ4v) is 2.29. The Bertz CT molecular complexity index is 857. The van der Waals surface area contributed by atoms with Crippen LogP contribution in [0.25, 0.3) is 10.8 Å². The second kappa shape index (κ2) is 6.75. The van der Waals surface area contributed by atoms with Gasteiger partial charge in [0.1, 0.15) is 0 Å². The molecule has 0 fully saturated rings. The monoisotopic (exact) mass is 303 g/mol. The van der Waals surface area contributed by atoms with Crippen LogP contribution in [0.5, 0.6) is 0 Å². The van der Waals surface area contributed by atoms with Gasteiger partial charge in [-0.15, -0.1) is 0 Å². The fraction of sp³-hybridized carbons (Fsp3) is 0.0526. The van der Waals surface area contributed by atoms with Crippen LogP contribution in [-0.2, 0) is 0 Å². The van der Waals surface area contributed by atoms with E-state index < -0.39 is 0 Å². The number of carbonyl (C=O) groups excluding carboxylic acids is 1. The molecule has 0 atom stereocenters. The lowest BCUT2D eigenvalue weighted by atomic mass is 10.0. The smallest absolute Gasteiger partial charge is 0.307 e. The number of urea groups is 1. The quantitative estimate of drug-likeness (QED) is 0.547. The SMILES string of the molecule is CC(=NNC(=O)Nc1ccccc1)c1ccc2ccccc2c1. The Morgan fingerprint density at radius 1 is 0.870 bits per heavy atom. The Morgan fingerprint density at radius 3 is 2.35 bits per heavy atom. The van der Waals surface area contributed by atoms with Crippen LogP contribution in [0.3, 0.4) is 0 Å². The van der Waals surface area contributed by atoms with E-state index in [9.17, 15) is 4.79 Å².